The third kappa shape index (κ3) is 3.72. The Hall–Kier alpha value is -2.54. The van der Waals surface area contributed by atoms with Crippen molar-refractivity contribution in [3.63, 3.8) is 0 Å². The number of amides is 2. The molecule has 0 spiro atoms. The van der Waals surface area contributed by atoms with Crippen molar-refractivity contribution in [1.82, 2.24) is 15.5 Å². The number of urea groups is 1. The molecule has 106 valence electrons. The summed E-state index contributed by atoms with van der Waals surface area (Å²) >= 11 is 0. The SMILES string of the molecule is COc1ccc(C(O)CNC(=O)Nc2cn[nH]c2)cc1. The highest BCUT2D eigenvalue weighted by Gasteiger charge is 2.10. The monoisotopic (exact) mass is 276 g/mol. The Morgan fingerprint density at radius 1 is 1.45 bits per heavy atom. The molecule has 0 saturated heterocycles. The van der Waals surface area contributed by atoms with Crippen molar-refractivity contribution in [2.45, 2.75) is 6.10 Å². The molecule has 1 unspecified atom stereocenters. The third-order valence-corrected chi connectivity index (χ3v) is 2.71. The Labute approximate surface area is 116 Å². The van der Waals surface area contributed by atoms with Crippen LogP contribution < -0.4 is 15.4 Å². The maximum atomic E-state index is 11.6. The number of aromatic amines is 1. The summed E-state index contributed by atoms with van der Waals surface area (Å²) in [5.74, 6) is 0.714. The van der Waals surface area contributed by atoms with Crippen molar-refractivity contribution < 1.29 is 14.6 Å². The molecule has 1 aromatic carbocycles. The molecule has 0 fully saturated rings. The zero-order chi connectivity index (χ0) is 14.4. The summed E-state index contributed by atoms with van der Waals surface area (Å²) < 4.78 is 5.04. The van der Waals surface area contributed by atoms with Gasteiger partial charge < -0.3 is 20.5 Å². The summed E-state index contributed by atoms with van der Waals surface area (Å²) in [6.45, 7) is 0.107. The number of methoxy groups -OCH3 is 1. The van der Waals surface area contributed by atoms with Crippen LogP contribution in [0.4, 0.5) is 10.5 Å². The summed E-state index contributed by atoms with van der Waals surface area (Å²) in [5, 5.41) is 21.4. The largest absolute Gasteiger partial charge is 0.497 e. The number of benzene rings is 1. The Morgan fingerprint density at radius 3 is 2.80 bits per heavy atom. The van der Waals surface area contributed by atoms with E-state index in [1.807, 2.05) is 0 Å². The number of hydrogen-bond donors (Lipinski definition) is 4. The van der Waals surface area contributed by atoms with Gasteiger partial charge in [-0.2, -0.15) is 5.10 Å². The summed E-state index contributed by atoms with van der Waals surface area (Å²) in [7, 11) is 1.58. The number of aliphatic hydroxyl groups excluding tert-OH is 1. The molecule has 2 amide bonds. The number of aliphatic hydroxyl groups is 1. The van der Waals surface area contributed by atoms with Crippen LogP contribution in [0.15, 0.2) is 36.7 Å². The fourth-order valence-corrected chi connectivity index (χ4v) is 1.63. The number of anilines is 1. The van der Waals surface area contributed by atoms with E-state index < -0.39 is 12.1 Å². The minimum Gasteiger partial charge on any atom is -0.497 e. The van der Waals surface area contributed by atoms with Crippen LogP contribution in [0.25, 0.3) is 0 Å². The second kappa shape index (κ2) is 6.58. The maximum Gasteiger partial charge on any atom is 0.319 e. The highest BCUT2D eigenvalue weighted by molar-refractivity contribution is 5.88. The molecule has 7 heteroatoms. The van der Waals surface area contributed by atoms with Crippen LogP contribution in [0.2, 0.25) is 0 Å². The van der Waals surface area contributed by atoms with Crippen molar-refractivity contribution in [1.29, 1.82) is 0 Å². The molecule has 1 aromatic heterocycles. The Balaban J connectivity index is 1.81. The molecule has 2 aromatic rings. The summed E-state index contributed by atoms with van der Waals surface area (Å²) in [5.41, 5.74) is 1.26. The second-order valence-electron chi connectivity index (χ2n) is 4.11. The van der Waals surface area contributed by atoms with E-state index in [9.17, 15) is 9.90 Å². The van der Waals surface area contributed by atoms with Crippen molar-refractivity contribution >= 4 is 11.7 Å². The van der Waals surface area contributed by atoms with Gasteiger partial charge in [-0.05, 0) is 17.7 Å². The number of rotatable bonds is 5. The molecule has 2 rings (SSSR count). The van der Waals surface area contributed by atoms with Crippen LogP contribution in [-0.2, 0) is 0 Å². The minimum absolute atomic E-state index is 0.107. The zero-order valence-electron chi connectivity index (χ0n) is 11.0. The highest BCUT2D eigenvalue weighted by atomic mass is 16.5. The Morgan fingerprint density at radius 2 is 2.20 bits per heavy atom. The van der Waals surface area contributed by atoms with E-state index in [0.29, 0.717) is 17.0 Å². The molecule has 0 aliphatic rings. The fraction of sp³-hybridized carbons (Fsp3) is 0.231. The summed E-state index contributed by atoms with van der Waals surface area (Å²) in [6.07, 6.45) is 2.26. The number of H-pyrrole nitrogens is 1. The predicted octanol–water partition coefficient (Wildman–Crippen LogP) is 1.27. The lowest BCUT2D eigenvalue weighted by atomic mass is 10.1. The molecule has 1 atom stereocenters. The van der Waals surface area contributed by atoms with Crippen molar-refractivity contribution in [2.75, 3.05) is 19.0 Å². The van der Waals surface area contributed by atoms with Gasteiger partial charge in [0.1, 0.15) is 5.75 Å². The van der Waals surface area contributed by atoms with Gasteiger partial charge >= 0.3 is 6.03 Å². The van der Waals surface area contributed by atoms with Gasteiger partial charge in [-0.1, -0.05) is 12.1 Å². The maximum absolute atomic E-state index is 11.6. The molecular weight excluding hydrogens is 260 g/mol. The van der Waals surface area contributed by atoms with Gasteiger partial charge in [-0.25, -0.2) is 4.79 Å². The van der Waals surface area contributed by atoms with E-state index in [4.69, 9.17) is 4.74 Å². The average Bonchev–Trinajstić information content (AvgIpc) is 2.97. The minimum atomic E-state index is -0.781. The van der Waals surface area contributed by atoms with Crippen molar-refractivity contribution in [2.24, 2.45) is 0 Å². The zero-order valence-corrected chi connectivity index (χ0v) is 11.0. The third-order valence-electron chi connectivity index (χ3n) is 2.71. The molecule has 0 aliphatic carbocycles. The van der Waals surface area contributed by atoms with E-state index in [1.165, 1.54) is 6.20 Å². The van der Waals surface area contributed by atoms with Crippen LogP contribution in [0, 0.1) is 0 Å². The van der Waals surface area contributed by atoms with Gasteiger partial charge in [0.2, 0.25) is 0 Å². The van der Waals surface area contributed by atoms with Crippen molar-refractivity contribution in [3.05, 3.63) is 42.2 Å². The Kier molecular flexibility index (Phi) is 4.56. The summed E-state index contributed by atoms with van der Waals surface area (Å²) in [6, 6.07) is 6.60. The van der Waals surface area contributed by atoms with Crippen LogP contribution >= 0.6 is 0 Å². The predicted molar refractivity (Wildman–Crippen MR) is 73.6 cm³/mol. The molecular formula is C13H16N4O3. The van der Waals surface area contributed by atoms with Crippen LogP contribution in [0.1, 0.15) is 11.7 Å². The molecule has 1 heterocycles. The molecule has 0 aliphatic heterocycles. The van der Waals surface area contributed by atoms with E-state index in [-0.39, 0.29) is 6.54 Å². The Bertz CT molecular complexity index is 539. The van der Waals surface area contributed by atoms with Gasteiger partial charge in [-0.15, -0.1) is 0 Å². The highest BCUT2D eigenvalue weighted by Crippen LogP contribution is 2.16. The van der Waals surface area contributed by atoms with Gasteiger partial charge in [0, 0.05) is 12.7 Å². The second-order valence-corrected chi connectivity index (χ2v) is 4.11. The lowest BCUT2D eigenvalue weighted by molar-refractivity contribution is 0.175. The number of nitrogens with zero attached hydrogens (tertiary/aromatic N) is 1. The fourth-order valence-electron chi connectivity index (χ4n) is 1.63. The summed E-state index contributed by atoms with van der Waals surface area (Å²) in [4.78, 5) is 11.6. The molecule has 4 N–H and O–H groups in total. The van der Waals surface area contributed by atoms with Gasteiger partial charge in [0.05, 0.1) is 25.1 Å². The quantitative estimate of drug-likeness (QED) is 0.661. The normalized spacial score (nSPS) is 11.7. The number of carbonyl (C=O) groups excluding carboxylic acids is 1. The van der Waals surface area contributed by atoms with E-state index in [1.54, 1.807) is 37.6 Å². The van der Waals surface area contributed by atoms with Gasteiger partial charge in [0.25, 0.3) is 0 Å². The van der Waals surface area contributed by atoms with E-state index in [0.717, 1.165) is 0 Å². The van der Waals surface area contributed by atoms with Crippen LogP contribution in [-0.4, -0.2) is 35.0 Å². The first-order valence-electron chi connectivity index (χ1n) is 6.04. The first-order valence-corrected chi connectivity index (χ1v) is 6.04. The van der Waals surface area contributed by atoms with E-state index in [2.05, 4.69) is 20.8 Å². The number of nitrogens with one attached hydrogen (secondary N) is 3. The topological polar surface area (TPSA) is 99.3 Å². The van der Waals surface area contributed by atoms with Crippen LogP contribution in [0.5, 0.6) is 5.75 Å². The number of carbonyl (C=O) groups is 1. The molecule has 0 bridgehead atoms. The molecule has 0 radical (unpaired) electrons. The first-order chi connectivity index (χ1) is 9.69. The average molecular weight is 276 g/mol. The van der Waals surface area contributed by atoms with Crippen LogP contribution in [0.3, 0.4) is 0 Å². The molecule has 7 nitrogen and oxygen atoms in total. The number of hydrogen-bond acceptors (Lipinski definition) is 4. The first kappa shape index (κ1) is 13.9. The molecule has 20 heavy (non-hydrogen) atoms. The molecule has 0 saturated carbocycles. The van der Waals surface area contributed by atoms with E-state index >= 15 is 0 Å². The lowest BCUT2D eigenvalue weighted by Gasteiger charge is -2.13. The van der Waals surface area contributed by atoms with Crippen molar-refractivity contribution in [3.8, 4) is 5.75 Å². The smallest absolute Gasteiger partial charge is 0.319 e. The standard InChI is InChI=1S/C13H16N4O3/c1-20-11-4-2-9(3-5-11)12(18)8-14-13(19)17-10-6-15-16-7-10/h2-7,12,18H,8H2,1H3,(H,15,16)(H2,14,17,19). The number of ether oxygens (including phenoxy) is 1. The number of aromatic nitrogens is 2. The van der Waals surface area contributed by atoms with Gasteiger partial charge in [0.15, 0.2) is 0 Å². The van der Waals surface area contributed by atoms with Gasteiger partial charge in [-0.3, -0.25) is 5.10 Å². The lowest BCUT2D eigenvalue weighted by Crippen LogP contribution is -2.32.